The fraction of sp³-hybridized carbons (Fsp3) is 0.231. The van der Waals surface area contributed by atoms with Crippen LogP contribution >= 0.6 is 0 Å². The molecule has 0 spiro atoms. The van der Waals surface area contributed by atoms with Crippen LogP contribution in [0, 0.1) is 5.92 Å². The first-order valence-electron chi connectivity index (χ1n) is 11.2. The fourth-order valence-corrected chi connectivity index (χ4v) is 6.14. The molecule has 1 aliphatic carbocycles. The third-order valence-electron chi connectivity index (χ3n) is 6.74. The molecule has 2 aliphatic heterocycles. The van der Waals surface area contributed by atoms with Gasteiger partial charge in [0.15, 0.2) is 11.5 Å². The molecule has 3 aromatic rings. The number of fused-ring (bicyclic) bond motifs is 4. The van der Waals surface area contributed by atoms with Crippen molar-refractivity contribution in [2.24, 2.45) is 5.92 Å². The minimum Gasteiger partial charge on any atom is -0.497 e. The molecule has 3 aliphatic rings. The predicted octanol–water partition coefficient (Wildman–Crippen LogP) is 5.05. The standard InChI is InChI=1S/C26H24N2O5S/c1-31-18-8-6-17(7-9-18)28-34(29,30)19-10-11-23-22(14-19)20-3-2-4-21(20)26(27-23)16-5-12-24-25(13-16)33-15-32-24/h2-3,5-14,20-21,26-28H,4,15H2,1H3/t20-,21+,26+/m0/s1. The molecule has 0 amide bonds. The molecule has 34 heavy (non-hydrogen) atoms. The van der Waals surface area contributed by atoms with Gasteiger partial charge in [0.25, 0.3) is 10.0 Å². The number of allylic oxidation sites excluding steroid dienone is 2. The number of ether oxygens (including phenoxy) is 3. The molecule has 0 saturated carbocycles. The van der Waals surface area contributed by atoms with Crippen LogP contribution in [-0.2, 0) is 10.0 Å². The highest BCUT2D eigenvalue weighted by Gasteiger charge is 2.39. The molecule has 174 valence electrons. The maximum atomic E-state index is 13.1. The summed E-state index contributed by atoms with van der Waals surface area (Å²) in [4.78, 5) is 0.240. The van der Waals surface area contributed by atoms with Crippen molar-refractivity contribution in [1.29, 1.82) is 0 Å². The molecule has 3 atom stereocenters. The maximum Gasteiger partial charge on any atom is 0.261 e. The Kier molecular flexibility index (Phi) is 4.91. The molecule has 2 N–H and O–H groups in total. The highest BCUT2D eigenvalue weighted by atomic mass is 32.2. The molecular weight excluding hydrogens is 452 g/mol. The van der Waals surface area contributed by atoms with Crippen LogP contribution in [0.2, 0.25) is 0 Å². The minimum absolute atomic E-state index is 0.0851. The van der Waals surface area contributed by atoms with E-state index in [2.05, 4.69) is 28.3 Å². The van der Waals surface area contributed by atoms with E-state index in [0.29, 0.717) is 11.4 Å². The van der Waals surface area contributed by atoms with Crippen molar-refractivity contribution in [2.45, 2.75) is 23.3 Å². The first-order valence-corrected chi connectivity index (χ1v) is 12.6. The Morgan fingerprint density at radius 1 is 1.00 bits per heavy atom. The summed E-state index contributed by atoms with van der Waals surface area (Å²) in [5.74, 6) is 2.60. The Bertz CT molecular complexity index is 1380. The number of nitrogens with one attached hydrogen (secondary N) is 2. The van der Waals surface area contributed by atoms with E-state index in [4.69, 9.17) is 14.2 Å². The average molecular weight is 477 g/mol. The van der Waals surface area contributed by atoms with Crippen molar-refractivity contribution in [3.05, 3.63) is 83.9 Å². The highest BCUT2D eigenvalue weighted by Crippen LogP contribution is 2.51. The van der Waals surface area contributed by atoms with Gasteiger partial charge in [-0.15, -0.1) is 0 Å². The van der Waals surface area contributed by atoms with E-state index in [1.54, 1.807) is 43.5 Å². The molecule has 2 heterocycles. The fourth-order valence-electron chi connectivity index (χ4n) is 5.05. The van der Waals surface area contributed by atoms with Gasteiger partial charge in [0.1, 0.15) is 5.75 Å². The zero-order valence-corrected chi connectivity index (χ0v) is 19.3. The van der Waals surface area contributed by atoms with E-state index >= 15 is 0 Å². The molecule has 8 heteroatoms. The largest absolute Gasteiger partial charge is 0.497 e. The summed E-state index contributed by atoms with van der Waals surface area (Å²) in [5, 5.41) is 3.65. The van der Waals surface area contributed by atoms with E-state index in [1.165, 1.54) is 0 Å². The lowest BCUT2D eigenvalue weighted by molar-refractivity contribution is 0.174. The molecule has 0 aromatic heterocycles. The van der Waals surface area contributed by atoms with Crippen molar-refractivity contribution >= 4 is 21.4 Å². The van der Waals surface area contributed by atoms with Crippen LogP contribution in [0.4, 0.5) is 11.4 Å². The number of hydrogen-bond acceptors (Lipinski definition) is 6. The summed E-state index contributed by atoms with van der Waals surface area (Å²) in [6, 6.07) is 18.3. The summed E-state index contributed by atoms with van der Waals surface area (Å²) in [6.07, 6.45) is 5.29. The third kappa shape index (κ3) is 3.54. The van der Waals surface area contributed by atoms with E-state index in [1.807, 2.05) is 18.2 Å². The predicted molar refractivity (Wildman–Crippen MR) is 129 cm³/mol. The van der Waals surface area contributed by atoms with Gasteiger partial charge in [-0.3, -0.25) is 4.72 Å². The van der Waals surface area contributed by atoms with Gasteiger partial charge in [0.05, 0.1) is 18.0 Å². The third-order valence-corrected chi connectivity index (χ3v) is 8.12. The second-order valence-electron chi connectivity index (χ2n) is 8.67. The van der Waals surface area contributed by atoms with Gasteiger partial charge in [-0.25, -0.2) is 8.42 Å². The Hall–Kier alpha value is -3.65. The Labute approximate surface area is 198 Å². The van der Waals surface area contributed by atoms with Gasteiger partial charge in [-0.2, -0.15) is 0 Å². The van der Waals surface area contributed by atoms with Crippen molar-refractivity contribution in [3.8, 4) is 17.2 Å². The van der Waals surface area contributed by atoms with Gasteiger partial charge < -0.3 is 19.5 Å². The lowest BCUT2D eigenvalue weighted by Crippen LogP contribution is -2.29. The first-order chi connectivity index (χ1) is 16.5. The van der Waals surface area contributed by atoms with Crippen LogP contribution in [0.5, 0.6) is 17.2 Å². The first kappa shape index (κ1) is 20.9. The lowest BCUT2D eigenvalue weighted by Gasteiger charge is -2.37. The maximum absolute atomic E-state index is 13.1. The van der Waals surface area contributed by atoms with Gasteiger partial charge in [0.2, 0.25) is 6.79 Å². The van der Waals surface area contributed by atoms with E-state index in [0.717, 1.165) is 34.7 Å². The van der Waals surface area contributed by atoms with Crippen LogP contribution in [0.15, 0.2) is 77.7 Å². The van der Waals surface area contributed by atoms with Crippen LogP contribution in [0.3, 0.4) is 0 Å². The van der Waals surface area contributed by atoms with Crippen LogP contribution in [0.25, 0.3) is 0 Å². The second kappa shape index (κ2) is 7.99. The normalized spacial score (nSPS) is 22.0. The quantitative estimate of drug-likeness (QED) is 0.501. The summed E-state index contributed by atoms with van der Waals surface area (Å²) in [7, 11) is -2.17. The number of rotatable bonds is 5. The molecule has 0 saturated heterocycles. The molecule has 0 bridgehead atoms. The van der Waals surface area contributed by atoms with Crippen LogP contribution in [0.1, 0.15) is 29.5 Å². The minimum atomic E-state index is -3.74. The SMILES string of the molecule is COc1ccc(NS(=O)(=O)c2ccc3c(c2)[C@H]2C=CC[C@H]2[C@@H](c2ccc4c(c2)OCO4)N3)cc1. The topological polar surface area (TPSA) is 85.9 Å². The summed E-state index contributed by atoms with van der Waals surface area (Å²) >= 11 is 0. The summed E-state index contributed by atoms with van der Waals surface area (Å²) < 4.78 is 45.1. The molecule has 0 unspecified atom stereocenters. The van der Waals surface area contributed by atoms with E-state index in [9.17, 15) is 8.42 Å². The van der Waals surface area contributed by atoms with Gasteiger partial charge in [0, 0.05) is 17.3 Å². The number of sulfonamides is 1. The zero-order chi connectivity index (χ0) is 23.3. The highest BCUT2D eigenvalue weighted by molar-refractivity contribution is 7.92. The number of hydrogen-bond donors (Lipinski definition) is 2. The zero-order valence-electron chi connectivity index (χ0n) is 18.5. The Morgan fingerprint density at radius 2 is 1.82 bits per heavy atom. The van der Waals surface area contributed by atoms with Crippen molar-refractivity contribution in [2.75, 3.05) is 23.9 Å². The van der Waals surface area contributed by atoms with Crippen molar-refractivity contribution in [3.63, 3.8) is 0 Å². The van der Waals surface area contributed by atoms with Crippen molar-refractivity contribution < 1.29 is 22.6 Å². The van der Waals surface area contributed by atoms with E-state index in [-0.39, 0.29) is 29.6 Å². The van der Waals surface area contributed by atoms with E-state index < -0.39 is 10.0 Å². The number of methoxy groups -OCH3 is 1. The molecule has 6 rings (SSSR count). The van der Waals surface area contributed by atoms with Gasteiger partial charge in [-0.1, -0.05) is 18.2 Å². The Morgan fingerprint density at radius 3 is 2.65 bits per heavy atom. The van der Waals surface area contributed by atoms with Gasteiger partial charge >= 0.3 is 0 Å². The smallest absolute Gasteiger partial charge is 0.261 e. The molecule has 3 aromatic carbocycles. The Balaban J connectivity index is 1.31. The summed E-state index contributed by atoms with van der Waals surface area (Å²) in [6.45, 7) is 0.245. The number of benzene rings is 3. The monoisotopic (exact) mass is 476 g/mol. The van der Waals surface area contributed by atoms with Crippen molar-refractivity contribution in [1.82, 2.24) is 0 Å². The summed E-state index contributed by atoms with van der Waals surface area (Å²) in [5.41, 5.74) is 3.55. The number of anilines is 2. The average Bonchev–Trinajstić information content (AvgIpc) is 3.53. The van der Waals surface area contributed by atoms with Crippen LogP contribution in [-0.4, -0.2) is 22.3 Å². The van der Waals surface area contributed by atoms with Gasteiger partial charge in [-0.05, 0) is 78.1 Å². The lowest BCUT2D eigenvalue weighted by atomic mass is 9.77. The van der Waals surface area contributed by atoms with Crippen LogP contribution < -0.4 is 24.2 Å². The molecule has 7 nitrogen and oxygen atoms in total. The molecule has 0 fully saturated rings. The second-order valence-corrected chi connectivity index (χ2v) is 10.4. The molecular formula is C26H24N2O5S. The molecule has 0 radical (unpaired) electrons.